The van der Waals surface area contributed by atoms with Crippen molar-refractivity contribution in [1.29, 1.82) is 0 Å². The Morgan fingerprint density at radius 3 is 2.71 bits per heavy atom. The van der Waals surface area contributed by atoms with Crippen LogP contribution in [0.2, 0.25) is 0 Å². The number of nitrogens with one attached hydrogen (secondary N) is 1. The second-order valence-corrected chi connectivity index (χ2v) is 6.79. The van der Waals surface area contributed by atoms with E-state index in [0.717, 1.165) is 30.9 Å². The molecule has 3 fully saturated rings. The fourth-order valence-electron chi connectivity index (χ4n) is 4.89. The highest BCUT2D eigenvalue weighted by Gasteiger charge is 2.47. The van der Waals surface area contributed by atoms with Gasteiger partial charge in [0.05, 0.1) is 6.10 Å². The molecule has 3 rings (SSSR count). The van der Waals surface area contributed by atoms with Gasteiger partial charge >= 0.3 is 0 Å². The molecule has 5 unspecified atom stereocenters. The fourth-order valence-corrected chi connectivity index (χ4v) is 4.89. The van der Waals surface area contributed by atoms with Crippen LogP contribution < -0.4 is 5.32 Å². The minimum atomic E-state index is 0.434. The first kappa shape index (κ1) is 12.0. The maximum Gasteiger partial charge on any atom is 0.0616 e. The van der Waals surface area contributed by atoms with Crippen molar-refractivity contribution >= 4 is 0 Å². The second kappa shape index (κ2) is 4.55. The van der Waals surface area contributed by atoms with Crippen LogP contribution in [0.1, 0.15) is 45.4 Å². The lowest BCUT2D eigenvalue weighted by atomic mass is 9.70. The highest BCUT2D eigenvalue weighted by molar-refractivity contribution is 4.98. The van der Waals surface area contributed by atoms with Crippen LogP contribution in [-0.2, 0) is 4.74 Å². The highest BCUT2D eigenvalue weighted by atomic mass is 16.5. The summed E-state index contributed by atoms with van der Waals surface area (Å²) in [5, 5.41) is 3.42. The molecule has 0 aromatic heterocycles. The van der Waals surface area contributed by atoms with E-state index in [1.807, 2.05) is 0 Å². The first-order valence-corrected chi connectivity index (χ1v) is 7.50. The molecule has 0 spiro atoms. The topological polar surface area (TPSA) is 21.3 Å². The molecular weight excluding hydrogens is 210 g/mol. The number of fused-ring (bicyclic) bond motifs is 2. The molecule has 1 N–H and O–H groups in total. The molecule has 2 heteroatoms. The van der Waals surface area contributed by atoms with Gasteiger partial charge in [0.25, 0.3) is 0 Å². The molecule has 0 radical (unpaired) electrons. The van der Waals surface area contributed by atoms with Gasteiger partial charge in [0, 0.05) is 18.6 Å². The quantitative estimate of drug-likeness (QED) is 0.812. The van der Waals surface area contributed by atoms with E-state index >= 15 is 0 Å². The van der Waals surface area contributed by atoms with Crippen molar-refractivity contribution in [1.82, 2.24) is 5.32 Å². The van der Waals surface area contributed by atoms with Crippen molar-refractivity contribution in [2.75, 3.05) is 20.2 Å². The van der Waals surface area contributed by atoms with Crippen LogP contribution in [0.25, 0.3) is 0 Å². The molecule has 98 valence electrons. The van der Waals surface area contributed by atoms with Crippen molar-refractivity contribution in [3.05, 3.63) is 0 Å². The summed E-state index contributed by atoms with van der Waals surface area (Å²) in [5.41, 5.74) is 0.434. The zero-order chi connectivity index (χ0) is 11.9. The average Bonchev–Trinajstić information content (AvgIpc) is 2.97. The largest absolute Gasteiger partial charge is 0.378 e. The van der Waals surface area contributed by atoms with Crippen LogP contribution in [0.5, 0.6) is 0 Å². The zero-order valence-corrected chi connectivity index (χ0v) is 11.4. The number of ether oxygens (including phenoxy) is 1. The smallest absolute Gasteiger partial charge is 0.0616 e. The molecule has 2 nitrogen and oxygen atoms in total. The van der Waals surface area contributed by atoms with E-state index in [9.17, 15) is 0 Å². The Bertz CT molecular complexity index is 280. The van der Waals surface area contributed by atoms with Crippen LogP contribution in [0.3, 0.4) is 0 Å². The van der Waals surface area contributed by atoms with E-state index < -0.39 is 0 Å². The van der Waals surface area contributed by atoms with Crippen LogP contribution in [0.4, 0.5) is 0 Å². The summed E-state index contributed by atoms with van der Waals surface area (Å²) in [5.74, 6) is 3.14. The lowest BCUT2D eigenvalue weighted by Gasteiger charge is -2.37. The summed E-state index contributed by atoms with van der Waals surface area (Å²) >= 11 is 0. The van der Waals surface area contributed by atoms with Crippen LogP contribution in [0, 0.1) is 23.2 Å². The maximum atomic E-state index is 5.87. The molecular formula is C15H27NO. The third-order valence-electron chi connectivity index (χ3n) is 5.91. The number of hydrogen-bond acceptors (Lipinski definition) is 2. The SMILES string of the molecule is CNCC1(CC2CC3CCC2C3)CCOC1C. The van der Waals surface area contributed by atoms with Gasteiger partial charge in [-0.25, -0.2) is 0 Å². The van der Waals surface area contributed by atoms with Gasteiger partial charge in [0.15, 0.2) is 0 Å². The maximum absolute atomic E-state index is 5.87. The van der Waals surface area contributed by atoms with Gasteiger partial charge in [-0.2, -0.15) is 0 Å². The minimum absolute atomic E-state index is 0.434. The van der Waals surface area contributed by atoms with E-state index in [4.69, 9.17) is 4.74 Å². The van der Waals surface area contributed by atoms with Gasteiger partial charge in [-0.1, -0.05) is 6.42 Å². The summed E-state index contributed by atoms with van der Waals surface area (Å²) in [6, 6.07) is 0. The summed E-state index contributed by atoms with van der Waals surface area (Å²) in [4.78, 5) is 0. The van der Waals surface area contributed by atoms with Gasteiger partial charge in [-0.15, -0.1) is 0 Å². The molecule has 1 heterocycles. The molecule has 5 atom stereocenters. The van der Waals surface area contributed by atoms with Crippen LogP contribution in [0.15, 0.2) is 0 Å². The predicted molar refractivity (Wildman–Crippen MR) is 69.9 cm³/mol. The van der Waals surface area contributed by atoms with Gasteiger partial charge < -0.3 is 10.1 Å². The van der Waals surface area contributed by atoms with Gasteiger partial charge in [0.2, 0.25) is 0 Å². The molecule has 2 aliphatic carbocycles. The molecule has 2 saturated carbocycles. The molecule has 0 aromatic carbocycles. The Morgan fingerprint density at radius 1 is 1.29 bits per heavy atom. The Labute approximate surface area is 105 Å². The summed E-state index contributed by atoms with van der Waals surface area (Å²) < 4.78 is 5.87. The van der Waals surface area contributed by atoms with Crippen molar-refractivity contribution in [3.8, 4) is 0 Å². The normalized spacial score (nSPS) is 49.1. The molecule has 1 aliphatic heterocycles. The van der Waals surface area contributed by atoms with Crippen molar-refractivity contribution in [3.63, 3.8) is 0 Å². The fraction of sp³-hybridized carbons (Fsp3) is 1.00. The number of rotatable bonds is 4. The molecule has 3 aliphatic rings. The van der Waals surface area contributed by atoms with E-state index in [2.05, 4.69) is 19.3 Å². The van der Waals surface area contributed by atoms with Gasteiger partial charge in [0.1, 0.15) is 0 Å². The monoisotopic (exact) mass is 237 g/mol. The Morgan fingerprint density at radius 2 is 2.18 bits per heavy atom. The lowest BCUT2D eigenvalue weighted by Crippen LogP contribution is -2.40. The molecule has 0 aromatic rings. The zero-order valence-electron chi connectivity index (χ0n) is 11.4. The summed E-state index contributed by atoms with van der Waals surface area (Å²) in [6.45, 7) is 4.41. The molecule has 1 saturated heterocycles. The Kier molecular flexibility index (Phi) is 3.20. The molecule has 2 bridgehead atoms. The van der Waals surface area contributed by atoms with Crippen LogP contribution >= 0.6 is 0 Å². The highest BCUT2D eigenvalue weighted by Crippen LogP contribution is 2.53. The first-order valence-electron chi connectivity index (χ1n) is 7.50. The third-order valence-corrected chi connectivity index (χ3v) is 5.91. The predicted octanol–water partition coefficient (Wildman–Crippen LogP) is 2.83. The average molecular weight is 237 g/mol. The van der Waals surface area contributed by atoms with Crippen molar-refractivity contribution in [2.45, 2.75) is 51.6 Å². The van der Waals surface area contributed by atoms with E-state index in [0.29, 0.717) is 11.5 Å². The van der Waals surface area contributed by atoms with Gasteiger partial charge in [-0.3, -0.25) is 0 Å². The summed E-state index contributed by atoms with van der Waals surface area (Å²) in [7, 11) is 2.09. The van der Waals surface area contributed by atoms with Gasteiger partial charge in [-0.05, 0) is 63.8 Å². The summed E-state index contributed by atoms with van der Waals surface area (Å²) in [6.07, 6.45) is 9.22. The van der Waals surface area contributed by atoms with Crippen molar-refractivity contribution in [2.24, 2.45) is 23.2 Å². The number of hydrogen-bond donors (Lipinski definition) is 1. The molecule has 0 amide bonds. The Balaban J connectivity index is 1.68. The third kappa shape index (κ3) is 2.04. The van der Waals surface area contributed by atoms with Crippen LogP contribution in [-0.4, -0.2) is 26.3 Å². The standard InChI is InChI=1S/C15H27NO/c1-11-15(10-16-2,5-6-17-11)9-14-8-12-3-4-13(14)7-12/h11-14,16H,3-10H2,1-2H3. The van der Waals surface area contributed by atoms with E-state index in [1.165, 1.54) is 38.5 Å². The second-order valence-electron chi connectivity index (χ2n) is 6.79. The minimum Gasteiger partial charge on any atom is -0.378 e. The van der Waals surface area contributed by atoms with Crippen molar-refractivity contribution < 1.29 is 4.74 Å². The Hall–Kier alpha value is -0.0800. The first-order chi connectivity index (χ1) is 8.23. The van der Waals surface area contributed by atoms with E-state index in [-0.39, 0.29) is 0 Å². The van der Waals surface area contributed by atoms with E-state index in [1.54, 1.807) is 0 Å². The molecule has 17 heavy (non-hydrogen) atoms. The lowest BCUT2D eigenvalue weighted by molar-refractivity contribution is 0.0439.